The molecule has 7 heteroatoms. The predicted octanol–water partition coefficient (Wildman–Crippen LogP) is 0.0889. The Morgan fingerprint density at radius 1 is 1.44 bits per heavy atom. The van der Waals surface area contributed by atoms with Crippen LogP contribution in [0.4, 0.5) is 5.82 Å². The molecule has 0 unspecified atom stereocenters. The van der Waals surface area contributed by atoms with Crippen molar-refractivity contribution in [1.29, 1.82) is 5.26 Å². The van der Waals surface area contributed by atoms with Crippen molar-refractivity contribution in [1.82, 2.24) is 25.0 Å². The van der Waals surface area contributed by atoms with Gasteiger partial charge in [-0.3, -0.25) is 0 Å². The highest BCUT2D eigenvalue weighted by Crippen LogP contribution is 2.09. The Bertz CT molecular complexity index is 525. The molecule has 0 aliphatic carbocycles. The van der Waals surface area contributed by atoms with Crippen LogP contribution in [0.1, 0.15) is 11.4 Å². The summed E-state index contributed by atoms with van der Waals surface area (Å²) in [6.07, 6.45) is 3.09. The summed E-state index contributed by atoms with van der Waals surface area (Å²) in [4.78, 5) is 0. The van der Waals surface area contributed by atoms with E-state index < -0.39 is 0 Å². The van der Waals surface area contributed by atoms with Crippen LogP contribution in [0, 0.1) is 11.3 Å². The van der Waals surface area contributed by atoms with E-state index in [1.165, 1.54) is 6.20 Å². The van der Waals surface area contributed by atoms with E-state index >= 15 is 0 Å². The molecule has 0 saturated carbocycles. The van der Waals surface area contributed by atoms with E-state index in [0.29, 0.717) is 17.9 Å². The Morgan fingerprint density at radius 2 is 2.31 bits per heavy atom. The van der Waals surface area contributed by atoms with Gasteiger partial charge >= 0.3 is 0 Å². The highest BCUT2D eigenvalue weighted by Gasteiger charge is 2.05. The average Bonchev–Trinajstić information content (AvgIpc) is 2.72. The lowest BCUT2D eigenvalue weighted by Gasteiger charge is -2.04. The van der Waals surface area contributed by atoms with Gasteiger partial charge in [-0.1, -0.05) is 0 Å². The minimum Gasteiger partial charge on any atom is -0.360 e. The number of hydrogen-bond donors (Lipinski definition) is 1. The van der Waals surface area contributed by atoms with Gasteiger partial charge in [-0.2, -0.15) is 10.4 Å². The maximum absolute atomic E-state index is 8.84. The second-order valence-corrected chi connectivity index (χ2v) is 3.12. The standard InChI is InChI=1S/C9H9N7/c1-16-6-13-14-8(16)5-11-9-7(4-10)2-3-12-15-9/h2-3,6H,5H2,1H3,(H,11,15). The largest absolute Gasteiger partial charge is 0.360 e. The molecule has 2 aromatic rings. The SMILES string of the molecule is Cn1cnnc1CNc1nnccc1C#N. The monoisotopic (exact) mass is 215 g/mol. The number of rotatable bonds is 3. The quantitative estimate of drug-likeness (QED) is 0.779. The fraction of sp³-hybridized carbons (Fsp3) is 0.222. The highest BCUT2D eigenvalue weighted by molar-refractivity contribution is 5.49. The topological polar surface area (TPSA) is 92.3 Å². The molecule has 7 nitrogen and oxygen atoms in total. The molecular weight excluding hydrogens is 206 g/mol. The van der Waals surface area contributed by atoms with Crippen LogP contribution in [0.2, 0.25) is 0 Å². The third kappa shape index (κ3) is 1.95. The zero-order chi connectivity index (χ0) is 11.4. The first kappa shape index (κ1) is 10.0. The van der Waals surface area contributed by atoms with Gasteiger partial charge in [0.05, 0.1) is 18.3 Å². The lowest BCUT2D eigenvalue weighted by atomic mass is 10.3. The smallest absolute Gasteiger partial charge is 0.167 e. The summed E-state index contributed by atoms with van der Waals surface area (Å²) >= 11 is 0. The molecule has 0 aromatic carbocycles. The van der Waals surface area contributed by atoms with Crippen LogP contribution in [0.5, 0.6) is 0 Å². The Balaban J connectivity index is 2.11. The molecule has 0 radical (unpaired) electrons. The molecule has 0 fully saturated rings. The molecule has 1 N–H and O–H groups in total. The Morgan fingerprint density at radius 3 is 3.00 bits per heavy atom. The minimum atomic E-state index is 0.448. The summed E-state index contributed by atoms with van der Waals surface area (Å²) in [5, 5.41) is 27.0. The van der Waals surface area contributed by atoms with Crippen LogP contribution < -0.4 is 5.32 Å². The number of hydrogen-bond acceptors (Lipinski definition) is 6. The zero-order valence-electron chi connectivity index (χ0n) is 8.62. The Hall–Kier alpha value is -2.49. The van der Waals surface area contributed by atoms with Crippen molar-refractivity contribution in [2.75, 3.05) is 5.32 Å². The van der Waals surface area contributed by atoms with Crippen LogP contribution in [0.15, 0.2) is 18.6 Å². The molecule has 0 spiro atoms. The first-order valence-electron chi connectivity index (χ1n) is 4.60. The van der Waals surface area contributed by atoms with Crippen LogP contribution in [0.3, 0.4) is 0 Å². The van der Waals surface area contributed by atoms with Crippen molar-refractivity contribution >= 4 is 5.82 Å². The molecule has 0 aliphatic heterocycles. The van der Waals surface area contributed by atoms with Gasteiger partial charge < -0.3 is 9.88 Å². The Kier molecular flexibility index (Phi) is 2.73. The van der Waals surface area contributed by atoms with Crippen LogP contribution in [0.25, 0.3) is 0 Å². The molecule has 16 heavy (non-hydrogen) atoms. The second-order valence-electron chi connectivity index (χ2n) is 3.12. The molecule has 0 bridgehead atoms. The summed E-state index contributed by atoms with van der Waals surface area (Å²) in [5.74, 6) is 1.21. The normalized spacial score (nSPS) is 9.75. The van der Waals surface area contributed by atoms with Gasteiger partial charge in [0, 0.05) is 7.05 Å². The van der Waals surface area contributed by atoms with Gasteiger partial charge in [0.2, 0.25) is 0 Å². The van der Waals surface area contributed by atoms with Crippen LogP contribution in [-0.2, 0) is 13.6 Å². The molecule has 2 rings (SSSR count). The number of aryl methyl sites for hydroxylation is 1. The maximum Gasteiger partial charge on any atom is 0.167 e. The van der Waals surface area contributed by atoms with Crippen molar-refractivity contribution in [3.63, 3.8) is 0 Å². The van der Waals surface area contributed by atoms with Gasteiger partial charge in [0.25, 0.3) is 0 Å². The zero-order valence-corrected chi connectivity index (χ0v) is 8.62. The van der Waals surface area contributed by atoms with Gasteiger partial charge in [-0.05, 0) is 6.07 Å². The number of nitriles is 1. The van der Waals surface area contributed by atoms with Gasteiger partial charge in [-0.15, -0.1) is 15.3 Å². The fourth-order valence-electron chi connectivity index (χ4n) is 1.18. The number of nitrogens with one attached hydrogen (secondary N) is 1. The third-order valence-electron chi connectivity index (χ3n) is 2.06. The summed E-state index contributed by atoms with van der Waals surface area (Å²) in [5.41, 5.74) is 0.456. The molecule has 0 saturated heterocycles. The van der Waals surface area contributed by atoms with Crippen LogP contribution >= 0.6 is 0 Å². The Labute approximate surface area is 91.8 Å². The van der Waals surface area contributed by atoms with Crippen molar-refractivity contribution < 1.29 is 0 Å². The van der Waals surface area contributed by atoms with Gasteiger partial charge in [0.1, 0.15) is 12.4 Å². The third-order valence-corrected chi connectivity index (χ3v) is 2.06. The second kappa shape index (κ2) is 4.35. The minimum absolute atomic E-state index is 0.448. The summed E-state index contributed by atoms with van der Waals surface area (Å²) in [6.45, 7) is 0.448. The molecule has 2 aromatic heterocycles. The lowest BCUT2D eigenvalue weighted by Crippen LogP contribution is -2.08. The molecule has 0 aliphatic rings. The highest BCUT2D eigenvalue weighted by atomic mass is 15.3. The van der Waals surface area contributed by atoms with E-state index in [-0.39, 0.29) is 0 Å². The molecular formula is C9H9N7. The van der Waals surface area contributed by atoms with E-state index in [1.807, 2.05) is 13.1 Å². The molecule has 2 heterocycles. The van der Waals surface area contributed by atoms with Crippen molar-refractivity contribution in [3.05, 3.63) is 30.0 Å². The van der Waals surface area contributed by atoms with Crippen molar-refractivity contribution in [2.24, 2.45) is 7.05 Å². The van der Waals surface area contributed by atoms with E-state index in [4.69, 9.17) is 5.26 Å². The van der Waals surface area contributed by atoms with Crippen molar-refractivity contribution in [2.45, 2.75) is 6.54 Å². The first-order valence-corrected chi connectivity index (χ1v) is 4.60. The van der Waals surface area contributed by atoms with Crippen molar-refractivity contribution in [3.8, 4) is 6.07 Å². The van der Waals surface area contributed by atoms with E-state index in [2.05, 4.69) is 25.7 Å². The fourth-order valence-corrected chi connectivity index (χ4v) is 1.18. The molecule has 0 atom stereocenters. The first-order chi connectivity index (χ1) is 7.81. The van der Waals surface area contributed by atoms with E-state index in [1.54, 1.807) is 17.0 Å². The summed E-state index contributed by atoms with van der Waals surface area (Å²) < 4.78 is 1.79. The molecule has 80 valence electrons. The van der Waals surface area contributed by atoms with E-state index in [9.17, 15) is 0 Å². The number of anilines is 1. The lowest BCUT2D eigenvalue weighted by molar-refractivity contribution is 0.807. The van der Waals surface area contributed by atoms with Gasteiger partial charge in [0.15, 0.2) is 11.6 Å². The number of nitrogens with zero attached hydrogens (tertiary/aromatic N) is 6. The van der Waals surface area contributed by atoms with Gasteiger partial charge in [-0.25, -0.2) is 0 Å². The maximum atomic E-state index is 8.84. The van der Waals surface area contributed by atoms with Crippen LogP contribution in [-0.4, -0.2) is 25.0 Å². The van der Waals surface area contributed by atoms with E-state index in [0.717, 1.165) is 5.82 Å². The summed E-state index contributed by atoms with van der Waals surface area (Å²) in [7, 11) is 1.85. The molecule has 0 amide bonds. The summed E-state index contributed by atoms with van der Waals surface area (Å²) in [6, 6.07) is 3.64. The average molecular weight is 215 g/mol. The predicted molar refractivity (Wildman–Crippen MR) is 55.1 cm³/mol. The number of aromatic nitrogens is 5.